The number of halogens is 3. The van der Waals surface area contributed by atoms with Crippen molar-refractivity contribution >= 4 is 70.5 Å². The first kappa shape index (κ1) is 16.3. The molecule has 0 bridgehead atoms. The Labute approximate surface area is 142 Å². The van der Waals surface area contributed by atoms with Crippen LogP contribution in [0.3, 0.4) is 0 Å². The number of aliphatic hydroxyl groups excluding tert-OH is 1. The van der Waals surface area contributed by atoms with Crippen molar-refractivity contribution in [1.82, 2.24) is 0 Å². The molecule has 0 saturated carbocycles. The van der Waals surface area contributed by atoms with Crippen LogP contribution < -0.4 is 4.72 Å². The summed E-state index contributed by atoms with van der Waals surface area (Å²) < 4.78 is 28.2. The van der Waals surface area contributed by atoms with Gasteiger partial charge in [-0.15, -0.1) is 11.3 Å². The first-order valence-electron chi connectivity index (χ1n) is 5.20. The van der Waals surface area contributed by atoms with Crippen molar-refractivity contribution in [3.63, 3.8) is 0 Å². The minimum absolute atomic E-state index is 0.0746. The molecule has 0 aliphatic heterocycles. The minimum Gasteiger partial charge on any atom is -0.391 e. The van der Waals surface area contributed by atoms with Crippen LogP contribution in [-0.2, 0) is 16.6 Å². The van der Waals surface area contributed by atoms with Crippen LogP contribution in [0.15, 0.2) is 37.4 Å². The predicted molar refractivity (Wildman–Crippen MR) is 87.9 cm³/mol. The second-order valence-corrected chi connectivity index (χ2v) is 9.17. The number of anilines is 1. The third-order valence-corrected chi connectivity index (χ3v) is 6.74. The van der Waals surface area contributed by atoms with Crippen molar-refractivity contribution in [2.45, 2.75) is 11.5 Å². The fourth-order valence-electron chi connectivity index (χ4n) is 1.43. The Morgan fingerprint density at radius 3 is 2.55 bits per heavy atom. The Kier molecular flexibility index (Phi) is 5.14. The van der Waals surface area contributed by atoms with E-state index < -0.39 is 10.0 Å². The molecule has 0 spiro atoms. The van der Waals surface area contributed by atoms with Crippen LogP contribution in [0.25, 0.3) is 0 Å². The third-order valence-electron chi connectivity index (χ3n) is 2.33. The van der Waals surface area contributed by atoms with E-state index in [-0.39, 0.29) is 16.5 Å². The Morgan fingerprint density at radius 2 is 2.00 bits per heavy atom. The quantitative estimate of drug-likeness (QED) is 0.717. The molecule has 2 rings (SSSR count). The highest BCUT2D eigenvalue weighted by molar-refractivity contribution is 9.11. The maximum atomic E-state index is 12.3. The van der Waals surface area contributed by atoms with Crippen LogP contribution in [-0.4, -0.2) is 13.5 Å². The number of rotatable bonds is 4. The average molecular weight is 462 g/mol. The van der Waals surface area contributed by atoms with Crippen molar-refractivity contribution < 1.29 is 13.5 Å². The van der Waals surface area contributed by atoms with Crippen molar-refractivity contribution in [3.8, 4) is 0 Å². The largest absolute Gasteiger partial charge is 0.391 e. The molecule has 1 aromatic heterocycles. The number of benzene rings is 1. The van der Waals surface area contributed by atoms with Crippen LogP contribution in [0.4, 0.5) is 5.69 Å². The van der Waals surface area contributed by atoms with Gasteiger partial charge >= 0.3 is 0 Å². The van der Waals surface area contributed by atoms with Gasteiger partial charge in [0.05, 0.1) is 21.1 Å². The number of nitrogens with one attached hydrogen (secondary N) is 1. The summed E-state index contributed by atoms with van der Waals surface area (Å²) in [6, 6.07) is 6.27. The molecule has 4 nitrogen and oxygen atoms in total. The number of aliphatic hydroxyl groups is 1. The van der Waals surface area contributed by atoms with Gasteiger partial charge in [-0.1, -0.05) is 27.5 Å². The van der Waals surface area contributed by atoms with Crippen molar-refractivity contribution in [1.29, 1.82) is 0 Å². The minimum atomic E-state index is -3.77. The van der Waals surface area contributed by atoms with Crippen molar-refractivity contribution in [3.05, 3.63) is 42.4 Å². The number of sulfonamides is 1. The van der Waals surface area contributed by atoms with Crippen molar-refractivity contribution in [2.75, 3.05) is 4.72 Å². The molecule has 9 heteroatoms. The fraction of sp³-hybridized carbons (Fsp3) is 0.0909. The second kappa shape index (κ2) is 6.33. The number of thiophene rings is 1. The Bertz CT molecular complexity index is 746. The number of hydrogen-bond donors (Lipinski definition) is 2. The predicted octanol–water partition coefficient (Wildman–Crippen LogP) is 4.22. The molecule has 0 saturated heterocycles. The van der Waals surface area contributed by atoms with Gasteiger partial charge in [-0.3, -0.25) is 4.72 Å². The van der Waals surface area contributed by atoms with Gasteiger partial charge in [-0.2, -0.15) is 0 Å². The lowest BCUT2D eigenvalue weighted by Crippen LogP contribution is -2.13. The van der Waals surface area contributed by atoms with Crippen LogP contribution in [0.2, 0.25) is 5.02 Å². The highest BCUT2D eigenvalue weighted by Crippen LogP contribution is 2.34. The lowest BCUT2D eigenvalue weighted by molar-refractivity contribution is 0.285. The molecule has 0 unspecified atom stereocenters. The maximum absolute atomic E-state index is 12.3. The van der Waals surface area contributed by atoms with Gasteiger partial charge < -0.3 is 5.11 Å². The first-order chi connectivity index (χ1) is 9.33. The lowest BCUT2D eigenvalue weighted by Gasteiger charge is -2.09. The van der Waals surface area contributed by atoms with E-state index in [4.69, 9.17) is 16.7 Å². The molecule has 0 radical (unpaired) electrons. The molecular weight excluding hydrogens is 454 g/mol. The third kappa shape index (κ3) is 3.55. The van der Waals surface area contributed by atoms with Gasteiger partial charge in [0.1, 0.15) is 4.90 Å². The molecule has 0 aliphatic carbocycles. The highest BCUT2D eigenvalue weighted by atomic mass is 79.9. The van der Waals surface area contributed by atoms with Gasteiger partial charge in [0.15, 0.2) is 0 Å². The van der Waals surface area contributed by atoms with Crippen molar-refractivity contribution in [2.24, 2.45) is 0 Å². The lowest BCUT2D eigenvalue weighted by atomic mass is 10.3. The van der Waals surface area contributed by atoms with Crippen LogP contribution in [0, 0.1) is 0 Å². The van der Waals surface area contributed by atoms with Gasteiger partial charge in [0.25, 0.3) is 10.0 Å². The molecule has 0 amide bonds. The number of hydrogen-bond acceptors (Lipinski definition) is 4. The summed E-state index contributed by atoms with van der Waals surface area (Å²) in [5, 5.41) is 9.34. The molecule has 0 atom stereocenters. The molecule has 1 aromatic carbocycles. The molecule has 1 heterocycles. The SMILES string of the molecule is O=S(=O)(Nc1ccc(Br)cc1Cl)c1cc(CO)sc1Br. The average Bonchev–Trinajstić information content (AvgIpc) is 2.75. The zero-order chi connectivity index (χ0) is 14.9. The van der Waals surface area contributed by atoms with E-state index in [0.717, 1.165) is 4.47 Å². The van der Waals surface area contributed by atoms with E-state index in [2.05, 4.69) is 36.6 Å². The van der Waals surface area contributed by atoms with Gasteiger partial charge in [-0.25, -0.2) is 8.42 Å². The summed E-state index contributed by atoms with van der Waals surface area (Å²) in [5.41, 5.74) is 0.290. The summed E-state index contributed by atoms with van der Waals surface area (Å²) in [7, 11) is -3.77. The summed E-state index contributed by atoms with van der Waals surface area (Å²) in [6.07, 6.45) is 0. The van der Waals surface area contributed by atoms with Gasteiger partial charge in [-0.05, 0) is 40.2 Å². The first-order valence-corrected chi connectivity index (χ1v) is 9.47. The standard InChI is InChI=1S/C11H8Br2ClNO3S2/c12-6-1-2-9(8(14)3-6)15-20(17,18)10-4-7(5-16)19-11(10)13/h1-4,15-16H,5H2. The second-order valence-electron chi connectivity index (χ2n) is 3.74. The van der Waals surface area contributed by atoms with E-state index in [1.165, 1.54) is 17.4 Å². The highest BCUT2D eigenvalue weighted by Gasteiger charge is 2.21. The van der Waals surface area contributed by atoms with E-state index >= 15 is 0 Å². The maximum Gasteiger partial charge on any atom is 0.263 e. The van der Waals surface area contributed by atoms with Crippen LogP contribution in [0.1, 0.15) is 4.88 Å². The van der Waals surface area contributed by atoms with E-state index in [0.29, 0.717) is 14.4 Å². The van der Waals surface area contributed by atoms with E-state index in [1.54, 1.807) is 18.2 Å². The fourth-order valence-corrected chi connectivity index (χ4v) is 5.83. The Balaban J connectivity index is 2.38. The van der Waals surface area contributed by atoms with Crippen LogP contribution in [0.5, 0.6) is 0 Å². The topological polar surface area (TPSA) is 66.4 Å². The zero-order valence-electron chi connectivity index (χ0n) is 9.73. The zero-order valence-corrected chi connectivity index (χ0v) is 15.3. The summed E-state index contributed by atoms with van der Waals surface area (Å²) in [4.78, 5) is 0.629. The molecule has 108 valence electrons. The molecule has 2 N–H and O–H groups in total. The van der Waals surface area contributed by atoms with Crippen LogP contribution >= 0.6 is 54.8 Å². The van der Waals surface area contributed by atoms with E-state index in [9.17, 15) is 8.42 Å². The Morgan fingerprint density at radius 1 is 1.30 bits per heavy atom. The smallest absolute Gasteiger partial charge is 0.263 e. The monoisotopic (exact) mass is 459 g/mol. The van der Waals surface area contributed by atoms with Gasteiger partial charge in [0, 0.05) is 9.35 Å². The Hall–Kier alpha value is -0.120. The molecule has 0 fully saturated rings. The van der Waals surface area contributed by atoms with E-state index in [1.807, 2.05) is 0 Å². The molecule has 20 heavy (non-hydrogen) atoms. The summed E-state index contributed by atoms with van der Waals surface area (Å²) in [6.45, 7) is -0.210. The molecular formula is C11H8Br2ClNO3S2. The van der Waals surface area contributed by atoms with Gasteiger partial charge in [0.2, 0.25) is 0 Å². The summed E-state index contributed by atoms with van der Waals surface area (Å²) in [5.74, 6) is 0. The normalized spacial score (nSPS) is 11.6. The summed E-state index contributed by atoms with van der Waals surface area (Å²) >= 11 is 13.6. The molecule has 0 aliphatic rings. The molecule has 2 aromatic rings.